The van der Waals surface area contributed by atoms with Crippen molar-refractivity contribution in [2.24, 2.45) is 0 Å². The van der Waals surface area contributed by atoms with Crippen LogP contribution in [0.25, 0.3) is 28.8 Å². The molecule has 1 saturated heterocycles. The molecule has 1 fully saturated rings. The highest BCUT2D eigenvalue weighted by Crippen LogP contribution is 2.23. The van der Waals surface area contributed by atoms with Gasteiger partial charge in [-0.05, 0) is 42.5 Å². The first-order chi connectivity index (χ1) is 17.7. The summed E-state index contributed by atoms with van der Waals surface area (Å²) in [4.78, 5) is 39.0. The van der Waals surface area contributed by atoms with Gasteiger partial charge < -0.3 is 14.4 Å². The van der Waals surface area contributed by atoms with Gasteiger partial charge in [0, 0.05) is 30.2 Å². The van der Waals surface area contributed by atoms with Gasteiger partial charge in [-0.1, -0.05) is 18.2 Å². The monoisotopic (exact) mass is 519 g/mol. The number of rotatable bonds is 5. The Morgan fingerprint density at radius 3 is 2.43 bits per heavy atom. The fourth-order valence-corrected chi connectivity index (χ4v) is 5.31. The Hall–Kier alpha value is -4.60. The van der Waals surface area contributed by atoms with Gasteiger partial charge in [-0.15, -0.1) is 5.73 Å². The highest BCUT2D eigenvalue weighted by atomic mass is 32.2. The number of hydrogen-bond acceptors (Lipinski definition) is 7. The normalized spacial score (nSPS) is 14.8. The van der Waals surface area contributed by atoms with E-state index in [4.69, 9.17) is 4.42 Å². The molecule has 0 aliphatic carbocycles. The Kier molecular flexibility index (Phi) is 6.16. The van der Waals surface area contributed by atoms with Crippen LogP contribution in [0.3, 0.4) is 0 Å². The number of benzene rings is 2. The van der Waals surface area contributed by atoms with Gasteiger partial charge >= 0.3 is 11.6 Å². The minimum absolute atomic E-state index is 0.0756. The minimum atomic E-state index is -3.02. The van der Waals surface area contributed by atoms with Crippen molar-refractivity contribution < 1.29 is 22.7 Å². The highest BCUT2D eigenvalue weighted by molar-refractivity contribution is 7.91. The van der Waals surface area contributed by atoms with Gasteiger partial charge in [0.15, 0.2) is 15.5 Å². The quantitative estimate of drug-likeness (QED) is 0.303. The molecule has 1 aliphatic heterocycles. The van der Waals surface area contributed by atoms with Crippen LogP contribution in [-0.4, -0.2) is 53.9 Å². The molecule has 0 saturated carbocycles. The van der Waals surface area contributed by atoms with E-state index in [1.807, 2.05) is 11.0 Å². The summed E-state index contributed by atoms with van der Waals surface area (Å²) >= 11 is 0. The van der Waals surface area contributed by atoms with Crippen molar-refractivity contribution in [3.05, 3.63) is 97.9 Å². The maximum Gasteiger partial charge on any atom is 0.354 e. The number of sulfone groups is 1. The number of hydrogen-bond donors (Lipinski definition) is 2. The lowest BCUT2D eigenvalue weighted by Gasteiger charge is -2.28. The zero-order chi connectivity index (χ0) is 26.2. The van der Waals surface area contributed by atoms with Crippen molar-refractivity contribution in [3.8, 4) is 5.69 Å². The van der Waals surface area contributed by atoms with E-state index in [2.05, 4.69) is 10.8 Å². The summed E-state index contributed by atoms with van der Waals surface area (Å²) in [5, 5.41) is 12.8. The molecular weight excluding hydrogens is 498 g/mol. The van der Waals surface area contributed by atoms with Gasteiger partial charge in [0.1, 0.15) is 5.58 Å². The van der Waals surface area contributed by atoms with Crippen molar-refractivity contribution in [2.75, 3.05) is 29.5 Å². The number of para-hydroxylation sites is 1. The number of carbonyl (C=O) groups is 1. The van der Waals surface area contributed by atoms with Crippen LogP contribution in [0.1, 0.15) is 21.6 Å². The van der Waals surface area contributed by atoms with Crippen LogP contribution in [0, 0.1) is 0 Å². The molecule has 0 unspecified atom stereocenters. The van der Waals surface area contributed by atoms with Gasteiger partial charge in [0.2, 0.25) is 0 Å². The average Bonchev–Trinajstić information content (AvgIpc) is 3.21. The molecule has 11 heteroatoms. The summed E-state index contributed by atoms with van der Waals surface area (Å²) in [6.07, 6.45) is 2.53. The smallest absolute Gasteiger partial charge is 0.354 e. The van der Waals surface area contributed by atoms with Crippen LogP contribution in [0.2, 0.25) is 0 Å². The molecule has 0 atom stereocenters. The third kappa shape index (κ3) is 4.90. The van der Waals surface area contributed by atoms with E-state index in [0.29, 0.717) is 29.7 Å². The third-order valence-corrected chi connectivity index (χ3v) is 7.69. The van der Waals surface area contributed by atoms with Crippen LogP contribution >= 0.6 is 0 Å². The lowest BCUT2D eigenvalue weighted by atomic mass is 10.1. The number of anilines is 1. The summed E-state index contributed by atoms with van der Waals surface area (Å²) in [5.41, 5.74) is 2.83. The predicted octanol–water partition coefficient (Wildman–Crippen LogP) is 2.53. The molecule has 10 nitrogen and oxygen atoms in total. The van der Waals surface area contributed by atoms with Gasteiger partial charge in [-0.3, -0.25) is 9.89 Å². The minimum Gasteiger partial charge on any atom is -0.477 e. The molecule has 0 amide bonds. The molecule has 0 radical (unpaired) electrons. The van der Waals surface area contributed by atoms with Crippen LogP contribution < -0.4 is 16.1 Å². The fraction of sp³-hybridized carbons (Fsp3) is 0.154. The highest BCUT2D eigenvalue weighted by Gasteiger charge is 2.22. The number of aromatic carboxylic acids is 1. The number of H-pyrrole nitrogens is 1. The first-order valence-corrected chi connectivity index (χ1v) is 13.1. The van der Waals surface area contributed by atoms with E-state index in [9.17, 15) is 27.9 Å². The summed E-state index contributed by atoms with van der Waals surface area (Å²) < 4.78 is 30.0. The molecule has 2 aromatic carbocycles. The fourth-order valence-electron chi connectivity index (χ4n) is 4.10. The van der Waals surface area contributed by atoms with Gasteiger partial charge in [0.25, 0.3) is 5.56 Å². The second-order valence-electron chi connectivity index (χ2n) is 8.49. The van der Waals surface area contributed by atoms with Crippen molar-refractivity contribution in [2.45, 2.75) is 0 Å². The Labute approximate surface area is 210 Å². The number of carboxylic acid groups (broad SMARTS) is 1. The summed E-state index contributed by atoms with van der Waals surface area (Å²) in [6, 6.07) is 15.4. The van der Waals surface area contributed by atoms with Crippen LogP contribution in [0.15, 0.2) is 74.3 Å². The van der Waals surface area contributed by atoms with Gasteiger partial charge in [-0.2, -0.15) is 0 Å². The molecule has 0 spiro atoms. The number of carboxylic acids is 1. The molecule has 5 rings (SSSR count). The Morgan fingerprint density at radius 2 is 1.73 bits per heavy atom. The van der Waals surface area contributed by atoms with E-state index >= 15 is 0 Å². The van der Waals surface area contributed by atoms with E-state index in [1.54, 1.807) is 48.5 Å². The van der Waals surface area contributed by atoms with Crippen molar-refractivity contribution in [3.63, 3.8) is 0 Å². The number of nitrogens with zero attached hydrogens (tertiary/aromatic N) is 2. The van der Waals surface area contributed by atoms with Crippen LogP contribution in [-0.2, 0) is 9.84 Å². The molecule has 188 valence electrons. The average molecular weight is 520 g/mol. The lowest BCUT2D eigenvalue weighted by Crippen LogP contribution is -2.40. The van der Waals surface area contributed by atoms with Crippen molar-refractivity contribution in [1.29, 1.82) is 0 Å². The summed E-state index contributed by atoms with van der Waals surface area (Å²) in [7, 11) is -3.02. The maximum absolute atomic E-state index is 12.8. The number of fused-ring (bicyclic) bond motifs is 1. The van der Waals surface area contributed by atoms with E-state index in [0.717, 1.165) is 10.4 Å². The van der Waals surface area contributed by atoms with Gasteiger partial charge in [0.05, 0.1) is 28.3 Å². The first-order valence-electron chi connectivity index (χ1n) is 11.3. The number of aromatic nitrogens is 2. The lowest BCUT2D eigenvalue weighted by molar-refractivity contribution is 0.0689. The zero-order valence-electron chi connectivity index (χ0n) is 19.4. The van der Waals surface area contributed by atoms with E-state index in [-0.39, 0.29) is 28.3 Å². The molecular formula is C26H21N3O7S. The zero-order valence-corrected chi connectivity index (χ0v) is 20.2. The number of aromatic amines is 1. The largest absolute Gasteiger partial charge is 0.477 e. The molecule has 2 aromatic heterocycles. The van der Waals surface area contributed by atoms with Crippen LogP contribution in [0.4, 0.5) is 5.69 Å². The molecule has 2 N–H and O–H groups in total. The second-order valence-corrected chi connectivity index (χ2v) is 10.8. The SMILES string of the molecule is O=C(O)c1[nH]n(-c2ccccc2)c(=O)c1C=C=Cc1cc2ccc(N3CCS(=O)(=O)CC3)cc2oc1=O. The maximum atomic E-state index is 12.8. The Morgan fingerprint density at radius 1 is 1.00 bits per heavy atom. The van der Waals surface area contributed by atoms with Crippen molar-refractivity contribution in [1.82, 2.24) is 9.78 Å². The van der Waals surface area contributed by atoms with Gasteiger partial charge in [-0.25, -0.2) is 22.7 Å². The molecule has 4 aromatic rings. The van der Waals surface area contributed by atoms with Crippen LogP contribution in [0.5, 0.6) is 0 Å². The Bertz CT molecular complexity index is 1790. The van der Waals surface area contributed by atoms with E-state index in [1.165, 1.54) is 12.2 Å². The standard InChI is InChI=1S/C26H21N3O7S/c30-24-21(23(25(31)32)27-29(24)19-6-2-1-3-7-19)8-4-5-18-15-17-9-10-20(16-22(17)36-26(18)33)28-11-13-37(34,35)14-12-28/h1-3,5-10,15-16,27H,11-14H2,(H,31,32). The molecule has 3 heterocycles. The predicted molar refractivity (Wildman–Crippen MR) is 139 cm³/mol. The molecule has 1 aliphatic rings. The third-order valence-electron chi connectivity index (χ3n) is 6.08. The topological polar surface area (TPSA) is 143 Å². The summed E-state index contributed by atoms with van der Waals surface area (Å²) in [6.45, 7) is 0.736. The second kappa shape index (κ2) is 9.45. The van der Waals surface area contributed by atoms with E-state index < -0.39 is 27.0 Å². The Balaban J connectivity index is 1.46. The first kappa shape index (κ1) is 24.1. The summed E-state index contributed by atoms with van der Waals surface area (Å²) in [5.74, 6) is -1.16. The molecule has 0 bridgehead atoms. The number of nitrogens with one attached hydrogen (secondary N) is 1. The van der Waals surface area contributed by atoms with Crippen molar-refractivity contribution >= 4 is 44.6 Å². The molecule has 37 heavy (non-hydrogen) atoms.